The highest BCUT2D eigenvalue weighted by atomic mass is 79.9. The molecule has 0 aliphatic heterocycles. The van der Waals surface area contributed by atoms with E-state index < -0.39 is 6.10 Å². The Hall–Kier alpha value is -1.53. The fourth-order valence-electron chi connectivity index (χ4n) is 1.52. The van der Waals surface area contributed by atoms with Crippen LogP contribution in [0, 0.1) is 0 Å². The van der Waals surface area contributed by atoms with Crippen molar-refractivity contribution in [1.29, 1.82) is 0 Å². The van der Waals surface area contributed by atoms with Crippen LogP contribution >= 0.6 is 27.5 Å². The molecule has 0 saturated heterocycles. The molecule has 5 nitrogen and oxygen atoms in total. The summed E-state index contributed by atoms with van der Waals surface area (Å²) in [6.07, 6.45) is 1.09. The quantitative estimate of drug-likeness (QED) is 0.913. The molecule has 0 aliphatic carbocycles. The Balaban J connectivity index is 2.00. The second-order valence-corrected chi connectivity index (χ2v) is 5.49. The van der Waals surface area contributed by atoms with Gasteiger partial charge in [-0.2, -0.15) is 5.10 Å². The van der Waals surface area contributed by atoms with Gasteiger partial charge in [-0.3, -0.25) is 9.48 Å². The van der Waals surface area contributed by atoms with E-state index in [0.717, 1.165) is 0 Å². The third kappa shape index (κ3) is 3.74. The number of hydrogen-bond acceptors (Lipinski definition) is 3. The zero-order valence-electron chi connectivity index (χ0n) is 10.9. The van der Waals surface area contributed by atoms with Crippen LogP contribution in [0.5, 0.6) is 5.75 Å². The first-order valence-electron chi connectivity index (χ1n) is 5.88. The molecule has 0 fully saturated rings. The molecule has 20 heavy (non-hydrogen) atoms. The summed E-state index contributed by atoms with van der Waals surface area (Å²) in [6.45, 7) is 1.67. The van der Waals surface area contributed by atoms with Crippen molar-refractivity contribution in [2.75, 3.05) is 5.32 Å². The molecule has 1 amide bonds. The molecule has 1 N–H and O–H groups in total. The summed E-state index contributed by atoms with van der Waals surface area (Å²) in [5.74, 6) is 0.770. The first-order valence-corrected chi connectivity index (χ1v) is 7.05. The van der Waals surface area contributed by atoms with Crippen molar-refractivity contribution in [3.8, 4) is 5.75 Å². The van der Waals surface area contributed by atoms with Gasteiger partial charge in [-0.25, -0.2) is 0 Å². The molecule has 0 bridgehead atoms. The number of rotatable bonds is 4. The van der Waals surface area contributed by atoms with Gasteiger partial charge in [0.1, 0.15) is 5.75 Å². The van der Waals surface area contributed by atoms with Crippen LogP contribution in [0.2, 0.25) is 5.02 Å². The molecule has 0 saturated carbocycles. The molecule has 0 aliphatic rings. The molecular formula is C13H13BrClN3O2. The van der Waals surface area contributed by atoms with Crippen LogP contribution in [0.25, 0.3) is 0 Å². The number of benzene rings is 1. The summed E-state index contributed by atoms with van der Waals surface area (Å²) in [7, 11) is 1.78. The number of ether oxygens (including phenoxy) is 1. The van der Waals surface area contributed by atoms with Crippen LogP contribution in [0.1, 0.15) is 6.92 Å². The van der Waals surface area contributed by atoms with E-state index in [2.05, 4.69) is 26.3 Å². The molecule has 2 aromatic rings. The summed E-state index contributed by atoms with van der Waals surface area (Å²) in [6, 6.07) is 6.82. The van der Waals surface area contributed by atoms with Gasteiger partial charge in [0.25, 0.3) is 5.91 Å². The monoisotopic (exact) mass is 357 g/mol. The lowest BCUT2D eigenvalue weighted by atomic mass is 10.3. The number of halogens is 2. The molecule has 1 unspecified atom stereocenters. The average molecular weight is 359 g/mol. The number of nitrogens with one attached hydrogen (secondary N) is 1. The van der Waals surface area contributed by atoms with Crippen LogP contribution in [-0.2, 0) is 11.8 Å². The smallest absolute Gasteiger partial charge is 0.266 e. The van der Waals surface area contributed by atoms with Gasteiger partial charge in [-0.15, -0.1) is 0 Å². The molecule has 1 atom stereocenters. The fourth-order valence-corrected chi connectivity index (χ4v) is 2.30. The van der Waals surface area contributed by atoms with Crippen molar-refractivity contribution >= 4 is 39.3 Å². The zero-order valence-corrected chi connectivity index (χ0v) is 13.3. The highest BCUT2D eigenvalue weighted by Crippen LogP contribution is 2.28. The van der Waals surface area contributed by atoms with Crippen LogP contribution in [0.3, 0.4) is 0 Å². The number of amides is 1. The second-order valence-electron chi connectivity index (χ2n) is 4.20. The number of hydrogen-bond donors (Lipinski definition) is 1. The highest BCUT2D eigenvalue weighted by molar-refractivity contribution is 9.10. The Morgan fingerprint density at radius 2 is 2.25 bits per heavy atom. The Labute approximate surface area is 130 Å². The molecule has 1 aromatic heterocycles. The van der Waals surface area contributed by atoms with Gasteiger partial charge >= 0.3 is 0 Å². The molecule has 1 aromatic carbocycles. The maximum Gasteiger partial charge on any atom is 0.266 e. The van der Waals surface area contributed by atoms with E-state index in [1.165, 1.54) is 0 Å². The standard InChI is InChI=1S/C13H13BrClN3O2/c1-8(13(19)16-12-5-6-18(2)17-12)20-11-4-3-9(15)7-10(11)14/h3-8H,1-2H3,(H,16,17,19). The molecule has 2 rings (SSSR count). The zero-order chi connectivity index (χ0) is 14.7. The van der Waals surface area contributed by atoms with Crippen molar-refractivity contribution in [3.63, 3.8) is 0 Å². The minimum absolute atomic E-state index is 0.273. The van der Waals surface area contributed by atoms with Gasteiger partial charge in [0.15, 0.2) is 11.9 Å². The van der Waals surface area contributed by atoms with Gasteiger partial charge in [0, 0.05) is 24.3 Å². The Morgan fingerprint density at radius 3 is 2.85 bits per heavy atom. The third-order valence-electron chi connectivity index (χ3n) is 2.53. The van der Waals surface area contributed by atoms with Crippen molar-refractivity contribution in [2.45, 2.75) is 13.0 Å². The van der Waals surface area contributed by atoms with E-state index >= 15 is 0 Å². The highest BCUT2D eigenvalue weighted by Gasteiger charge is 2.17. The molecular weight excluding hydrogens is 346 g/mol. The number of anilines is 1. The SMILES string of the molecule is CC(Oc1ccc(Cl)cc1Br)C(=O)Nc1ccn(C)n1. The van der Waals surface area contributed by atoms with E-state index in [0.29, 0.717) is 21.1 Å². The molecule has 0 spiro atoms. The van der Waals surface area contributed by atoms with Gasteiger partial charge in [-0.05, 0) is 41.1 Å². The molecule has 7 heteroatoms. The number of aromatic nitrogens is 2. The van der Waals surface area contributed by atoms with E-state index in [1.54, 1.807) is 49.1 Å². The average Bonchev–Trinajstić information content (AvgIpc) is 2.78. The number of carbonyl (C=O) groups excluding carboxylic acids is 1. The van der Waals surface area contributed by atoms with E-state index in [1.807, 2.05) is 0 Å². The first-order chi connectivity index (χ1) is 9.45. The van der Waals surface area contributed by atoms with Gasteiger partial charge in [-0.1, -0.05) is 11.6 Å². The summed E-state index contributed by atoms with van der Waals surface area (Å²) < 4.78 is 7.89. The maximum absolute atomic E-state index is 12.0. The lowest BCUT2D eigenvalue weighted by Gasteiger charge is -2.15. The Bertz CT molecular complexity index is 630. The largest absolute Gasteiger partial charge is 0.480 e. The number of nitrogens with zero attached hydrogens (tertiary/aromatic N) is 2. The summed E-state index contributed by atoms with van der Waals surface area (Å²) in [5, 5.41) is 7.34. The predicted octanol–water partition coefficient (Wildman–Crippen LogP) is 3.24. The number of aryl methyl sites for hydroxylation is 1. The van der Waals surface area contributed by atoms with Crippen molar-refractivity contribution < 1.29 is 9.53 Å². The Kier molecular flexibility index (Phi) is 4.67. The van der Waals surface area contributed by atoms with Crippen LogP contribution in [0.4, 0.5) is 5.82 Å². The second kappa shape index (κ2) is 6.28. The molecule has 106 valence electrons. The Morgan fingerprint density at radius 1 is 1.50 bits per heavy atom. The van der Waals surface area contributed by atoms with Crippen molar-refractivity contribution in [2.24, 2.45) is 7.05 Å². The van der Waals surface area contributed by atoms with Crippen LogP contribution < -0.4 is 10.1 Å². The lowest BCUT2D eigenvalue weighted by molar-refractivity contribution is -0.122. The predicted molar refractivity (Wildman–Crippen MR) is 81.1 cm³/mol. The van der Waals surface area contributed by atoms with Crippen LogP contribution in [0.15, 0.2) is 34.9 Å². The topological polar surface area (TPSA) is 56.1 Å². The third-order valence-corrected chi connectivity index (χ3v) is 3.39. The summed E-state index contributed by atoms with van der Waals surface area (Å²) in [4.78, 5) is 12.0. The number of carbonyl (C=O) groups is 1. The molecule has 0 radical (unpaired) electrons. The van der Waals surface area contributed by atoms with E-state index in [-0.39, 0.29) is 5.91 Å². The van der Waals surface area contributed by atoms with E-state index in [4.69, 9.17) is 16.3 Å². The van der Waals surface area contributed by atoms with Crippen molar-refractivity contribution in [1.82, 2.24) is 9.78 Å². The fraction of sp³-hybridized carbons (Fsp3) is 0.231. The minimum atomic E-state index is -0.658. The lowest BCUT2D eigenvalue weighted by Crippen LogP contribution is -2.30. The van der Waals surface area contributed by atoms with Gasteiger partial charge in [0.05, 0.1) is 4.47 Å². The minimum Gasteiger partial charge on any atom is -0.480 e. The summed E-state index contributed by atoms with van der Waals surface area (Å²) >= 11 is 9.19. The van der Waals surface area contributed by atoms with Crippen molar-refractivity contribution in [3.05, 3.63) is 40.0 Å². The van der Waals surface area contributed by atoms with Gasteiger partial charge < -0.3 is 10.1 Å². The molecule has 1 heterocycles. The maximum atomic E-state index is 12.0. The van der Waals surface area contributed by atoms with Gasteiger partial charge in [0.2, 0.25) is 0 Å². The van der Waals surface area contributed by atoms with E-state index in [9.17, 15) is 4.79 Å². The first kappa shape index (κ1) is 14.9. The summed E-state index contributed by atoms with van der Waals surface area (Å²) in [5.41, 5.74) is 0. The van der Waals surface area contributed by atoms with Crippen LogP contribution in [-0.4, -0.2) is 21.8 Å². The normalized spacial score (nSPS) is 12.0.